The number of anilines is 1. The molecule has 0 spiro atoms. The Morgan fingerprint density at radius 1 is 1.42 bits per heavy atom. The molecule has 0 fully saturated rings. The fourth-order valence-corrected chi connectivity index (χ4v) is 1.60. The van der Waals surface area contributed by atoms with E-state index in [1.54, 1.807) is 20.9 Å². The molecule has 1 unspecified atom stereocenters. The third-order valence-electron chi connectivity index (χ3n) is 2.60. The van der Waals surface area contributed by atoms with E-state index in [4.69, 9.17) is 5.73 Å². The van der Waals surface area contributed by atoms with Crippen LogP contribution in [0, 0.1) is 11.7 Å². The summed E-state index contributed by atoms with van der Waals surface area (Å²) >= 11 is 0. The first-order valence-electron chi connectivity index (χ1n) is 5.80. The Morgan fingerprint density at radius 3 is 2.53 bits per heavy atom. The van der Waals surface area contributed by atoms with Crippen molar-refractivity contribution in [1.82, 2.24) is 10.3 Å². The van der Waals surface area contributed by atoms with Gasteiger partial charge in [0.05, 0.1) is 11.8 Å². The van der Waals surface area contributed by atoms with Crippen molar-refractivity contribution in [3.63, 3.8) is 0 Å². The van der Waals surface area contributed by atoms with Crippen LogP contribution >= 0.6 is 0 Å². The number of rotatable bonds is 5. The molecule has 0 aliphatic rings. The predicted molar refractivity (Wildman–Crippen MR) is 69.0 cm³/mol. The Kier molecular flexibility index (Phi) is 4.80. The minimum absolute atomic E-state index is 0.0226. The zero-order chi connectivity index (χ0) is 14.6. The molecule has 4 N–H and O–H groups in total. The molecule has 6 nitrogen and oxygen atoms in total. The maximum Gasteiger partial charge on any atom is 0.255 e. The van der Waals surface area contributed by atoms with Gasteiger partial charge < -0.3 is 16.4 Å². The first-order valence-corrected chi connectivity index (χ1v) is 5.80. The lowest BCUT2D eigenvalue weighted by Crippen LogP contribution is -2.47. The molecular formula is C12H17FN4O2. The lowest BCUT2D eigenvalue weighted by molar-refractivity contribution is -0.120. The smallest absolute Gasteiger partial charge is 0.255 e. The lowest BCUT2D eigenvalue weighted by Gasteiger charge is -2.19. The van der Waals surface area contributed by atoms with E-state index < -0.39 is 23.7 Å². The number of carbonyl (C=O) groups is 2. The molecular weight excluding hydrogens is 251 g/mol. The van der Waals surface area contributed by atoms with E-state index in [-0.39, 0.29) is 17.3 Å². The van der Waals surface area contributed by atoms with E-state index in [0.29, 0.717) is 0 Å². The van der Waals surface area contributed by atoms with E-state index in [2.05, 4.69) is 15.6 Å². The second kappa shape index (κ2) is 6.12. The normalized spacial score (nSPS) is 12.1. The van der Waals surface area contributed by atoms with Crippen molar-refractivity contribution < 1.29 is 14.0 Å². The molecule has 0 saturated carbocycles. The maximum atomic E-state index is 13.1. The fourth-order valence-electron chi connectivity index (χ4n) is 1.60. The van der Waals surface area contributed by atoms with E-state index in [1.807, 2.05) is 0 Å². The highest BCUT2D eigenvalue weighted by Crippen LogP contribution is 2.13. The van der Waals surface area contributed by atoms with Crippen LogP contribution < -0.4 is 16.4 Å². The second-order valence-corrected chi connectivity index (χ2v) is 4.40. The number of nitrogens with two attached hydrogens (primary N) is 1. The molecule has 1 aromatic heterocycles. The summed E-state index contributed by atoms with van der Waals surface area (Å²) in [5, 5.41) is 5.15. The molecule has 0 aliphatic carbocycles. The Morgan fingerprint density at radius 2 is 2.05 bits per heavy atom. The van der Waals surface area contributed by atoms with Crippen LogP contribution in [0.1, 0.15) is 24.2 Å². The highest BCUT2D eigenvalue weighted by molar-refractivity contribution is 6.00. The Bertz CT molecular complexity index is 491. The standard InChI is InChI=1S/C12H17FN4O2/c1-6(2)9(10(14)18)17-12(19)8-4-7(13)5-16-11(8)15-3/h4-6,9H,1-3H3,(H2,14,18)(H,15,16)(H,17,19). The molecule has 0 aromatic carbocycles. The highest BCUT2D eigenvalue weighted by atomic mass is 19.1. The zero-order valence-corrected chi connectivity index (χ0v) is 11.0. The zero-order valence-electron chi connectivity index (χ0n) is 11.0. The van der Waals surface area contributed by atoms with Gasteiger partial charge in [-0.15, -0.1) is 0 Å². The van der Waals surface area contributed by atoms with Crippen molar-refractivity contribution >= 4 is 17.6 Å². The second-order valence-electron chi connectivity index (χ2n) is 4.40. The number of hydrogen-bond donors (Lipinski definition) is 3. The van der Waals surface area contributed by atoms with Crippen LogP contribution in [0.5, 0.6) is 0 Å². The van der Waals surface area contributed by atoms with Gasteiger partial charge in [0.15, 0.2) is 0 Å². The van der Waals surface area contributed by atoms with Crippen LogP contribution in [0.25, 0.3) is 0 Å². The summed E-state index contributed by atoms with van der Waals surface area (Å²) in [6.07, 6.45) is 0.997. The summed E-state index contributed by atoms with van der Waals surface area (Å²) in [5.74, 6) is -1.82. The van der Waals surface area contributed by atoms with Crippen molar-refractivity contribution in [2.75, 3.05) is 12.4 Å². The third kappa shape index (κ3) is 3.64. The van der Waals surface area contributed by atoms with Gasteiger partial charge in [0.25, 0.3) is 5.91 Å². The quantitative estimate of drug-likeness (QED) is 0.724. The number of nitrogens with one attached hydrogen (secondary N) is 2. The van der Waals surface area contributed by atoms with Gasteiger partial charge in [0.1, 0.15) is 17.7 Å². The molecule has 1 aromatic rings. The number of amides is 2. The number of primary amides is 1. The summed E-state index contributed by atoms with van der Waals surface area (Å²) in [6, 6.07) is 0.229. The van der Waals surface area contributed by atoms with E-state index >= 15 is 0 Å². The van der Waals surface area contributed by atoms with Gasteiger partial charge >= 0.3 is 0 Å². The molecule has 19 heavy (non-hydrogen) atoms. The molecule has 0 radical (unpaired) electrons. The molecule has 1 rings (SSSR count). The van der Waals surface area contributed by atoms with Crippen LogP contribution in [-0.2, 0) is 4.79 Å². The molecule has 104 valence electrons. The molecule has 1 heterocycles. The Hall–Kier alpha value is -2.18. The van der Waals surface area contributed by atoms with Crippen molar-refractivity contribution in [2.24, 2.45) is 11.7 Å². The number of pyridine rings is 1. The van der Waals surface area contributed by atoms with Gasteiger partial charge in [-0.2, -0.15) is 0 Å². The molecule has 2 amide bonds. The van der Waals surface area contributed by atoms with E-state index in [1.165, 1.54) is 0 Å². The maximum absolute atomic E-state index is 13.1. The van der Waals surface area contributed by atoms with Gasteiger partial charge in [-0.05, 0) is 12.0 Å². The Balaban J connectivity index is 3.00. The molecule has 1 atom stereocenters. The minimum atomic E-state index is -0.819. The monoisotopic (exact) mass is 268 g/mol. The highest BCUT2D eigenvalue weighted by Gasteiger charge is 2.24. The number of nitrogens with zero attached hydrogens (tertiary/aromatic N) is 1. The van der Waals surface area contributed by atoms with Gasteiger partial charge in [0, 0.05) is 7.05 Å². The minimum Gasteiger partial charge on any atom is -0.372 e. The first-order chi connectivity index (χ1) is 8.86. The van der Waals surface area contributed by atoms with Crippen molar-refractivity contribution in [1.29, 1.82) is 0 Å². The van der Waals surface area contributed by atoms with Crippen LogP contribution in [-0.4, -0.2) is 29.9 Å². The number of halogens is 1. The van der Waals surface area contributed by atoms with E-state index in [9.17, 15) is 14.0 Å². The van der Waals surface area contributed by atoms with Gasteiger partial charge in [-0.1, -0.05) is 13.8 Å². The SMILES string of the molecule is CNc1ncc(F)cc1C(=O)NC(C(N)=O)C(C)C. The summed E-state index contributed by atoms with van der Waals surface area (Å²) in [7, 11) is 1.56. The van der Waals surface area contributed by atoms with Crippen molar-refractivity contribution in [2.45, 2.75) is 19.9 Å². The number of aromatic nitrogens is 1. The molecule has 7 heteroatoms. The number of hydrogen-bond acceptors (Lipinski definition) is 4. The first kappa shape index (κ1) is 14.9. The topological polar surface area (TPSA) is 97.1 Å². The molecule has 0 saturated heterocycles. The van der Waals surface area contributed by atoms with E-state index in [0.717, 1.165) is 12.3 Å². The van der Waals surface area contributed by atoms with Crippen LogP contribution in [0.15, 0.2) is 12.3 Å². The molecule has 0 aliphatic heterocycles. The van der Waals surface area contributed by atoms with Crippen molar-refractivity contribution in [3.05, 3.63) is 23.6 Å². The average molecular weight is 268 g/mol. The third-order valence-corrected chi connectivity index (χ3v) is 2.60. The summed E-state index contributed by atoms with van der Waals surface area (Å²) in [4.78, 5) is 27.0. The van der Waals surface area contributed by atoms with Crippen LogP contribution in [0.3, 0.4) is 0 Å². The Labute approximate surface area is 110 Å². The summed E-state index contributed by atoms with van der Waals surface area (Å²) in [6.45, 7) is 3.50. The van der Waals surface area contributed by atoms with Crippen LogP contribution in [0.2, 0.25) is 0 Å². The lowest BCUT2D eigenvalue weighted by atomic mass is 10.0. The molecule has 0 bridgehead atoms. The predicted octanol–water partition coefficient (Wildman–Crippen LogP) is 0.502. The van der Waals surface area contributed by atoms with Crippen molar-refractivity contribution in [3.8, 4) is 0 Å². The van der Waals surface area contributed by atoms with Gasteiger partial charge in [0.2, 0.25) is 5.91 Å². The average Bonchev–Trinajstić information content (AvgIpc) is 2.34. The summed E-state index contributed by atoms with van der Waals surface area (Å²) in [5.41, 5.74) is 5.23. The van der Waals surface area contributed by atoms with Gasteiger partial charge in [-0.25, -0.2) is 9.37 Å². The van der Waals surface area contributed by atoms with Gasteiger partial charge in [-0.3, -0.25) is 9.59 Å². The fraction of sp³-hybridized carbons (Fsp3) is 0.417. The number of carbonyl (C=O) groups excluding carboxylic acids is 2. The largest absolute Gasteiger partial charge is 0.372 e. The summed E-state index contributed by atoms with van der Waals surface area (Å²) < 4.78 is 13.1. The van der Waals surface area contributed by atoms with Crippen LogP contribution in [0.4, 0.5) is 10.2 Å².